The lowest BCUT2D eigenvalue weighted by Gasteiger charge is -2.29. The van der Waals surface area contributed by atoms with Crippen LogP contribution in [0.25, 0.3) is 0 Å². The molecule has 0 radical (unpaired) electrons. The number of fused-ring (bicyclic) bond motifs is 1. The number of rotatable bonds is 4. The summed E-state index contributed by atoms with van der Waals surface area (Å²) in [6.07, 6.45) is 0. The number of ether oxygens (including phenoxy) is 2. The summed E-state index contributed by atoms with van der Waals surface area (Å²) in [5, 5.41) is 0. The summed E-state index contributed by atoms with van der Waals surface area (Å²) in [7, 11) is -3.69. The number of anilines is 1. The van der Waals surface area contributed by atoms with Crippen molar-refractivity contribution in [3.8, 4) is 11.5 Å². The number of sulfonamides is 1. The van der Waals surface area contributed by atoms with E-state index in [1.165, 1.54) is 10.4 Å². The fraction of sp³-hybridized carbons (Fsp3) is 0.294. The van der Waals surface area contributed by atoms with Gasteiger partial charge in [0.1, 0.15) is 13.2 Å². The Kier molecular flexibility index (Phi) is 4.17. The maximum Gasteiger partial charge on any atom is 0.264 e. The maximum atomic E-state index is 13.1. The van der Waals surface area contributed by atoms with Crippen LogP contribution in [0.4, 0.5) is 5.69 Å². The van der Waals surface area contributed by atoms with E-state index in [9.17, 15) is 8.42 Å². The smallest absolute Gasteiger partial charge is 0.264 e. The highest BCUT2D eigenvalue weighted by Crippen LogP contribution is 2.34. The molecule has 1 aliphatic rings. The van der Waals surface area contributed by atoms with Crippen LogP contribution in [0.5, 0.6) is 11.5 Å². The van der Waals surface area contributed by atoms with Crippen LogP contribution in [0.1, 0.15) is 13.8 Å². The van der Waals surface area contributed by atoms with E-state index in [1.807, 2.05) is 32.0 Å². The van der Waals surface area contributed by atoms with Gasteiger partial charge in [0.15, 0.2) is 11.5 Å². The van der Waals surface area contributed by atoms with Gasteiger partial charge in [-0.15, -0.1) is 0 Å². The average Bonchev–Trinajstić information content (AvgIpc) is 2.55. The van der Waals surface area contributed by atoms with E-state index in [0.717, 1.165) is 0 Å². The minimum Gasteiger partial charge on any atom is -0.486 e. The summed E-state index contributed by atoms with van der Waals surface area (Å²) >= 11 is 0. The van der Waals surface area contributed by atoms with Gasteiger partial charge in [-0.2, -0.15) is 0 Å². The molecule has 0 spiro atoms. The SMILES string of the molecule is CC(C)N(c1ccccc1)S(=O)(=O)c1ccc2c(c1)OCCO2. The van der Waals surface area contributed by atoms with Crippen LogP contribution < -0.4 is 13.8 Å². The Morgan fingerprint density at radius 2 is 1.61 bits per heavy atom. The van der Waals surface area contributed by atoms with Crippen molar-refractivity contribution in [1.82, 2.24) is 0 Å². The fourth-order valence-electron chi connectivity index (χ4n) is 2.59. The second-order valence-electron chi connectivity index (χ2n) is 5.54. The van der Waals surface area contributed by atoms with Crippen molar-refractivity contribution in [3.63, 3.8) is 0 Å². The van der Waals surface area contributed by atoms with Crippen LogP contribution in [-0.2, 0) is 10.0 Å². The van der Waals surface area contributed by atoms with Gasteiger partial charge >= 0.3 is 0 Å². The molecule has 23 heavy (non-hydrogen) atoms. The average molecular weight is 333 g/mol. The topological polar surface area (TPSA) is 55.8 Å². The molecule has 0 aliphatic carbocycles. The van der Waals surface area contributed by atoms with E-state index >= 15 is 0 Å². The van der Waals surface area contributed by atoms with Gasteiger partial charge in [0.25, 0.3) is 10.0 Å². The Morgan fingerprint density at radius 1 is 0.957 bits per heavy atom. The first-order valence-electron chi connectivity index (χ1n) is 7.49. The van der Waals surface area contributed by atoms with Gasteiger partial charge in [0.05, 0.1) is 10.6 Å². The molecule has 5 nitrogen and oxygen atoms in total. The summed E-state index contributed by atoms with van der Waals surface area (Å²) < 4.78 is 38.5. The molecule has 3 rings (SSSR count). The van der Waals surface area contributed by atoms with Gasteiger partial charge < -0.3 is 9.47 Å². The minimum atomic E-state index is -3.69. The van der Waals surface area contributed by atoms with E-state index in [-0.39, 0.29) is 10.9 Å². The van der Waals surface area contributed by atoms with E-state index in [0.29, 0.717) is 30.4 Å². The molecule has 1 aliphatic heterocycles. The fourth-order valence-corrected chi connectivity index (χ4v) is 4.26. The van der Waals surface area contributed by atoms with Crippen LogP contribution in [0.2, 0.25) is 0 Å². The number of benzene rings is 2. The minimum absolute atomic E-state index is 0.194. The standard InChI is InChI=1S/C17H19NO4S/c1-13(2)18(14-6-4-3-5-7-14)23(19,20)15-8-9-16-17(12-15)22-11-10-21-16/h3-9,12-13H,10-11H2,1-2H3. The van der Waals surface area contributed by atoms with Crippen molar-refractivity contribution in [2.45, 2.75) is 24.8 Å². The number of hydrogen-bond donors (Lipinski definition) is 0. The lowest BCUT2D eigenvalue weighted by atomic mass is 10.3. The molecule has 0 N–H and O–H groups in total. The summed E-state index contributed by atoms with van der Waals surface area (Å²) in [6, 6.07) is 13.6. The maximum absolute atomic E-state index is 13.1. The molecule has 0 bridgehead atoms. The van der Waals surface area contributed by atoms with Crippen molar-refractivity contribution in [2.75, 3.05) is 17.5 Å². The van der Waals surface area contributed by atoms with Crippen molar-refractivity contribution in [2.24, 2.45) is 0 Å². The predicted octanol–water partition coefficient (Wildman–Crippen LogP) is 3.06. The van der Waals surface area contributed by atoms with Crippen LogP contribution in [0.15, 0.2) is 53.4 Å². The third-order valence-corrected chi connectivity index (χ3v) is 5.55. The molecular weight excluding hydrogens is 314 g/mol. The third-order valence-electron chi connectivity index (χ3n) is 3.55. The molecule has 2 aromatic carbocycles. The molecule has 0 unspecified atom stereocenters. The lowest BCUT2D eigenvalue weighted by Crippen LogP contribution is -2.37. The Labute approximate surface area is 136 Å². The Hall–Kier alpha value is -2.21. The summed E-state index contributed by atoms with van der Waals surface area (Å²) in [6.45, 7) is 4.59. The van der Waals surface area contributed by atoms with Crippen LogP contribution >= 0.6 is 0 Å². The van der Waals surface area contributed by atoms with Gasteiger partial charge in [-0.1, -0.05) is 18.2 Å². The normalized spacial score (nSPS) is 13.9. The highest BCUT2D eigenvalue weighted by Gasteiger charge is 2.28. The van der Waals surface area contributed by atoms with Gasteiger partial charge in [-0.05, 0) is 38.1 Å². The summed E-state index contributed by atoms with van der Waals surface area (Å²) in [5.41, 5.74) is 0.636. The molecule has 0 saturated heterocycles. The zero-order chi connectivity index (χ0) is 16.4. The number of hydrogen-bond acceptors (Lipinski definition) is 4. The van der Waals surface area contributed by atoms with Gasteiger partial charge in [0, 0.05) is 12.1 Å². The zero-order valence-corrected chi connectivity index (χ0v) is 13.9. The number of para-hydroxylation sites is 1. The molecule has 0 amide bonds. The molecule has 0 fully saturated rings. The lowest BCUT2D eigenvalue weighted by molar-refractivity contribution is 0.171. The van der Waals surface area contributed by atoms with Crippen molar-refractivity contribution in [1.29, 1.82) is 0 Å². The van der Waals surface area contributed by atoms with Crippen molar-refractivity contribution >= 4 is 15.7 Å². The Balaban J connectivity index is 2.05. The second-order valence-corrected chi connectivity index (χ2v) is 7.35. The van der Waals surface area contributed by atoms with E-state index in [2.05, 4.69) is 0 Å². The van der Waals surface area contributed by atoms with Crippen LogP contribution in [-0.4, -0.2) is 27.7 Å². The Bertz CT molecular complexity index is 787. The highest BCUT2D eigenvalue weighted by molar-refractivity contribution is 7.92. The van der Waals surface area contributed by atoms with E-state index in [4.69, 9.17) is 9.47 Å². The zero-order valence-electron chi connectivity index (χ0n) is 13.1. The predicted molar refractivity (Wildman–Crippen MR) is 88.7 cm³/mol. The monoisotopic (exact) mass is 333 g/mol. The van der Waals surface area contributed by atoms with Gasteiger partial charge in [0.2, 0.25) is 0 Å². The molecule has 0 saturated carbocycles. The van der Waals surface area contributed by atoms with Crippen molar-refractivity contribution in [3.05, 3.63) is 48.5 Å². The van der Waals surface area contributed by atoms with Crippen molar-refractivity contribution < 1.29 is 17.9 Å². The van der Waals surface area contributed by atoms with Gasteiger partial charge in [-0.25, -0.2) is 8.42 Å². The summed E-state index contributed by atoms with van der Waals surface area (Å²) in [4.78, 5) is 0.194. The summed E-state index contributed by atoms with van der Waals surface area (Å²) in [5.74, 6) is 1.04. The highest BCUT2D eigenvalue weighted by atomic mass is 32.2. The quantitative estimate of drug-likeness (QED) is 0.863. The molecule has 0 aromatic heterocycles. The van der Waals surface area contributed by atoms with Crippen LogP contribution in [0.3, 0.4) is 0 Å². The first-order chi connectivity index (χ1) is 11.0. The molecule has 2 aromatic rings. The molecule has 6 heteroatoms. The molecule has 1 heterocycles. The molecular formula is C17H19NO4S. The van der Waals surface area contributed by atoms with E-state index in [1.54, 1.807) is 24.3 Å². The number of nitrogens with zero attached hydrogens (tertiary/aromatic N) is 1. The second kappa shape index (κ2) is 6.12. The first-order valence-corrected chi connectivity index (χ1v) is 8.93. The molecule has 122 valence electrons. The van der Waals surface area contributed by atoms with Crippen LogP contribution in [0, 0.1) is 0 Å². The first kappa shape index (κ1) is 15.7. The largest absolute Gasteiger partial charge is 0.486 e. The van der Waals surface area contributed by atoms with Gasteiger partial charge in [-0.3, -0.25) is 4.31 Å². The van der Waals surface area contributed by atoms with E-state index < -0.39 is 10.0 Å². The Morgan fingerprint density at radius 3 is 2.26 bits per heavy atom. The molecule has 0 atom stereocenters. The third kappa shape index (κ3) is 2.99.